The molecular weight excluding hydrogens is 284 g/mol. The number of hydrogen-bond donors (Lipinski definition) is 1. The van der Waals surface area contributed by atoms with Gasteiger partial charge in [-0.3, -0.25) is 0 Å². The van der Waals surface area contributed by atoms with Gasteiger partial charge in [0, 0.05) is 23.4 Å². The number of rotatable bonds is 4. The summed E-state index contributed by atoms with van der Waals surface area (Å²) in [5.74, 6) is -0.920. The smallest absolute Gasteiger partial charge is 0.189 e. The molecule has 2 N–H and O–H groups in total. The van der Waals surface area contributed by atoms with Gasteiger partial charge in [0.25, 0.3) is 0 Å². The van der Waals surface area contributed by atoms with Gasteiger partial charge in [-0.15, -0.1) is 0 Å². The summed E-state index contributed by atoms with van der Waals surface area (Å²) >= 11 is 1.41. The van der Waals surface area contributed by atoms with Crippen LogP contribution in [0.4, 0.5) is 14.6 Å². The maximum Gasteiger partial charge on any atom is 0.189 e. The molecule has 0 spiro atoms. The van der Waals surface area contributed by atoms with Crippen LogP contribution in [-0.4, -0.2) is 22.8 Å². The van der Waals surface area contributed by atoms with E-state index in [2.05, 4.69) is 9.97 Å². The Kier molecular flexibility index (Phi) is 4.39. The molecule has 4 nitrogen and oxygen atoms in total. The van der Waals surface area contributed by atoms with E-state index in [-0.39, 0.29) is 22.7 Å². The second-order valence-corrected chi connectivity index (χ2v) is 5.09. The fourth-order valence-electron chi connectivity index (χ4n) is 1.66. The zero-order chi connectivity index (χ0) is 14.7. The monoisotopic (exact) mass is 297 g/mol. The minimum absolute atomic E-state index is 0.0209. The number of anilines is 1. The zero-order valence-electron chi connectivity index (χ0n) is 11.0. The number of nitrogens with two attached hydrogens (primary N) is 1. The molecule has 0 saturated heterocycles. The number of aromatic nitrogens is 2. The van der Waals surface area contributed by atoms with Crippen molar-refractivity contribution >= 4 is 17.6 Å². The molecule has 2 aromatic rings. The van der Waals surface area contributed by atoms with Crippen molar-refractivity contribution in [3.05, 3.63) is 30.0 Å². The van der Waals surface area contributed by atoms with E-state index >= 15 is 0 Å². The lowest BCUT2D eigenvalue weighted by Gasteiger charge is -2.09. The van der Waals surface area contributed by atoms with Gasteiger partial charge in [0.15, 0.2) is 16.8 Å². The van der Waals surface area contributed by atoms with E-state index in [0.29, 0.717) is 5.16 Å². The Balaban J connectivity index is 2.53. The summed E-state index contributed by atoms with van der Waals surface area (Å²) in [6, 6.07) is 2.33. The predicted octanol–water partition coefficient (Wildman–Crippen LogP) is 3.12. The Morgan fingerprint density at radius 2 is 2.05 bits per heavy atom. The lowest BCUT2D eigenvalue weighted by Crippen LogP contribution is -2.01. The lowest BCUT2D eigenvalue weighted by molar-refractivity contribution is 0.407. The molecule has 0 bridgehead atoms. The average Bonchev–Trinajstić information content (AvgIpc) is 2.43. The molecule has 2 rings (SSSR count). The minimum Gasteiger partial charge on any atom is -0.497 e. The first kappa shape index (κ1) is 14.5. The van der Waals surface area contributed by atoms with Crippen LogP contribution in [0.25, 0.3) is 11.1 Å². The summed E-state index contributed by atoms with van der Waals surface area (Å²) in [6.07, 6.45) is 1.39. The highest BCUT2D eigenvalue weighted by atomic mass is 32.2. The number of thioether (sulfide) groups is 1. The fraction of sp³-hybridized carbons (Fsp3) is 0.231. The van der Waals surface area contributed by atoms with Crippen molar-refractivity contribution < 1.29 is 13.5 Å². The first-order valence-electron chi connectivity index (χ1n) is 5.85. The van der Waals surface area contributed by atoms with Crippen LogP contribution >= 0.6 is 11.8 Å². The number of benzene rings is 1. The lowest BCUT2D eigenvalue weighted by atomic mass is 10.1. The van der Waals surface area contributed by atoms with Crippen molar-refractivity contribution in [1.29, 1.82) is 0 Å². The van der Waals surface area contributed by atoms with Crippen LogP contribution in [0.5, 0.6) is 5.75 Å². The Hall–Kier alpha value is -1.89. The first-order valence-corrected chi connectivity index (χ1v) is 6.84. The Morgan fingerprint density at radius 1 is 1.30 bits per heavy atom. The molecule has 0 saturated carbocycles. The molecule has 0 aliphatic rings. The van der Waals surface area contributed by atoms with Crippen molar-refractivity contribution in [2.45, 2.75) is 12.1 Å². The van der Waals surface area contributed by atoms with E-state index in [1.54, 1.807) is 0 Å². The molecule has 1 aromatic heterocycles. The highest BCUT2D eigenvalue weighted by molar-refractivity contribution is 7.99. The van der Waals surface area contributed by atoms with Gasteiger partial charge in [-0.1, -0.05) is 18.7 Å². The molecule has 0 aliphatic heterocycles. The molecule has 0 unspecified atom stereocenters. The van der Waals surface area contributed by atoms with Gasteiger partial charge >= 0.3 is 0 Å². The van der Waals surface area contributed by atoms with E-state index in [9.17, 15) is 8.78 Å². The molecular formula is C13H13F2N3OS. The Labute approximate surface area is 119 Å². The van der Waals surface area contributed by atoms with Crippen LogP contribution in [0.3, 0.4) is 0 Å². The van der Waals surface area contributed by atoms with Crippen LogP contribution in [0, 0.1) is 11.6 Å². The molecule has 0 fully saturated rings. The van der Waals surface area contributed by atoms with Crippen molar-refractivity contribution in [2.75, 3.05) is 18.6 Å². The van der Waals surface area contributed by atoms with Gasteiger partial charge < -0.3 is 10.5 Å². The molecule has 0 aliphatic carbocycles. The summed E-state index contributed by atoms with van der Waals surface area (Å²) in [5.41, 5.74) is 6.02. The highest BCUT2D eigenvalue weighted by Gasteiger charge is 2.16. The Bertz CT molecular complexity index is 637. The van der Waals surface area contributed by atoms with Gasteiger partial charge in [0.05, 0.1) is 7.11 Å². The number of methoxy groups -OCH3 is 1. The summed E-state index contributed by atoms with van der Waals surface area (Å²) < 4.78 is 32.3. The van der Waals surface area contributed by atoms with E-state index in [0.717, 1.165) is 11.8 Å². The number of nitrogen functional groups attached to an aromatic ring is 1. The number of nitrogens with zero attached hydrogens (tertiary/aromatic N) is 2. The van der Waals surface area contributed by atoms with Crippen LogP contribution in [0.1, 0.15) is 6.92 Å². The maximum absolute atomic E-state index is 13.9. The van der Waals surface area contributed by atoms with Crippen molar-refractivity contribution in [3.8, 4) is 16.9 Å². The topological polar surface area (TPSA) is 61.0 Å². The Morgan fingerprint density at radius 3 is 2.65 bits per heavy atom. The quantitative estimate of drug-likeness (QED) is 0.694. The van der Waals surface area contributed by atoms with Gasteiger partial charge in [-0.05, 0) is 11.8 Å². The normalized spacial score (nSPS) is 10.6. The third-order valence-corrected chi connectivity index (χ3v) is 3.34. The highest BCUT2D eigenvalue weighted by Crippen LogP contribution is 2.32. The van der Waals surface area contributed by atoms with E-state index in [1.807, 2.05) is 6.92 Å². The average molecular weight is 297 g/mol. The second kappa shape index (κ2) is 6.04. The van der Waals surface area contributed by atoms with E-state index < -0.39 is 11.6 Å². The van der Waals surface area contributed by atoms with Gasteiger partial charge in [0.2, 0.25) is 0 Å². The van der Waals surface area contributed by atoms with Crippen molar-refractivity contribution in [3.63, 3.8) is 0 Å². The number of halogens is 2. The van der Waals surface area contributed by atoms with Gasteiger partial charge in [0.1, 0.15) is 11.6 Å². The standard InChI is InChI=1S/C13H13F2N3OS/c1-3-20-13-17-6-9(12(16)18-13)8-4-7(19-2)5-10(14)11(8)15/h4-6H,3H2,1-2H3,(H2,16,17,18). The second-order valence-electron chi connectivity index (χ2n) is 3.86. The molecule has 0 atom stereocenters. The third kappa shape index (κ3) is 2.82. The minimum atomic E-state index is -1.01. The van der Waals surface area contributed by atoms with Crippen molar-refractivity contribution in [1.82, 2.24) is 9.97 Å². The van der Waals surface area contributed by atoms with Crippen LogP contribution in [0.2, 0.25) is 0 Å². The summed E-state index contributed by atoms with van der Waals surface area (Å²) in [6.45, 7) is 1.95. The van der Waals surface area contributed by atoms with Crippen LogP contribution in [-0.2, 0) is 0 Å². The molecule has 7 heteroatoms. The molecule has 20 heavy (non-hydrogen) atoms. The van der Waals surface area contributed by atoms with Gasteiger partial charge in [-0.25, -0.2) is 18.7 Å². The summed E-state index contributed by atoms with van der Waals surface area (Å²) in [7, 11) is 1.37. The van der Waals surface area contributed by atoms with Crippen molar-refractivity contribution in [2.24, 2.45) is 0 Å². The SMILES string of the molecule is CCSc1ncc(-c2cc(OC)cc(F)c2F)c(N)n1. The molecule has 1 heterocycles. The summed E-state index contributed by atoms with van der Waals surface area (Å²) in [4.78, 5) is 8.14. The predicted molar refractivity (Wildman–Crippen MR) is 74.7 cm³/mol. The number of hydrogen-bond acceptors (Lipinski definition) is 5. The molecule has 106 valence electrons. The largest absolute Gasteiger partial charge is 0.497 e. The molecule has 1 aromatic carbocycles. The van der Waals surface area contributed by atoms with Crippen LogP contribution in [0.15, 0.2) is 23.5 Å². The van der Waals surface area contributed by atoms with Crippen LogP contribution < -0.4 is 10.5 Å². The number of ether oxygens (including phenoxy) is 1. The van der Waals surface area contributed by atoms with Gasteiger partial charge in [-0.2, -0.15) is 0 Å². The summed E-state index contributed by atoms with van der Waals surface area (Å²) in [5, 5.41) is 0.498. The zero-order valence-corrected chi connectivity index (χ0v) is 11.8. The van der Waals surface area contributed by atoms with E-state index in [4.69, 9.17) is 10.5 Å². The molecule has 0 amide bonds. The third-order valence-electron chi connectivity index (χ3n) is 2.60. The fourth-order valence-corrected chi connectivity index (χ4v) is 2.21. The molecule has 0 radical (unpaired) electrons. The first-order chi connectivity index (χ1) is 9.56. The van der Waals surface area contributed by atoms with E-state index in [1.165, 1.54) is 31.1 Å². The maximum atomic E-state index is 13.9.